The van der Waals surface area contributed by atoms with Gasteiger partial charge in [-0.25, -0.2) is 0 Å². The lowest BCUT2D eigenvalue weighted by Crippen LogP contribution is -2.40. The molecule has 182 valence electrons. The zero-order valence-corrected chi connectivity index (χ0v) is 20.7. The van der Waals surface area contributed by atoms with Crippen LogP contribution in [0.15, 0.2) is 48.7 Å². The first kappa shape index (κ1) is 24.1. The van der Waals surface area contributed by atoms with Gasteiger partial charge in [-0.05, 0) is 73.8 Å². The van der Waals surface area contributed by atoms with Crippen molar-refractivity contribution in [3.8, 4) is 11.5 Å². The predicted octanol–water partition coefficient (Wildman–Crippen LogP) is 4.89. The van der Waals surface area contributed by atoms with Gasteiger partial charge in [-0.3, -0.25) is 9.69 Å². The predicted molar refractivity (Wildman–Crippen MR) is 136 cm³/mol. The molecule has 0 unspecified atom stereocenters. The van der Waals surface area contributed by atoms with E-state index in [1.54, 1.807) is 7.11 Å². The minimum atomic E-state index is 0.0838. The Morgan fingerprint density at radius 2 is 1.82 bits per heavy atom. The molecule has 1 N–H and O–H groups in total. The molecule has 3 aromatic rings. The Morgan fingerprint density at radius 3 is 2.53 bits per heavy atom. The number of aryl methyl sites for hydroxylation is 1. The highest BCUT2D eigenvalue weighted by Crippen LogP contribution is 2.28. The Balaban J connectivity index is 1.24. The molecule has 1 aliphatic rings. The molecule has 6 heteroatoms. The Labute approximate surface area is 202 Å². The van der Waals surface area contributed by atoms with Crippen LogP contribution < -0.4 is 14.8 Å². The minimum Gasteiger partial charge on any atom is -0.497 e. The molecule has 0 radical (unpaired) electrons. The van der Waals surface area contributed by atoms with E-state index >= 15 is 0 Å². The summed E-state index contributed by atoms with van der Waals surface area (Å²) in [4.78, 5) is 15.2. The van der Waals surface area contributed by atoms with E-state index in [2.05, 4.69) is 47.1 Å². The standard InChI is InChI=1S/C28H37N3O3/c1-4-5-16-34-24-8-6-21(7-9-24)18-29-28(32)22-12-14-31(15-13-22)20-23-19-30(2)27-11-10-25(33-3)17-26(23)27/h6-11,17,19,22H,4-5,12-16,18,20H2,1-3H3,(H,29,32). The molecular formula is C28H37N3O3. The van der Waals surface area contributed by atoms with E-state index in [0.29, 0.717) is 6.54 Å². The molecule has 1 amide bonds. The van der Waals surface area contributed by atoms with Crippen molar-refractivity contribution in [3.63, 3.8) is 0 Å². The monoisotopic (exact) mass is 463 g/mol. The molecule has 34 heavy (non-hydrogen) atoms. The number of nitrogens with zero attached hydrogens (tertiary/aromatic N) is 2. The third-order valence-corrected chi connectivity index (χ3v) is 6.79. The summed E-state index contributed by atoms with van der Waals surface area (Å²) in [5.74, 6) is 2.02. The number of amides is 1. The number of benzene rings is 2. The van der Waals surface area contributed by atoms with Crippen molar-refractivity contribution >= 4 is 16.8 Å². The fourth-order valence-corrected chi connectivity index (χ4v) is 4.67. The SMILES string of the molecule is CCCCOc1ccc(CNC(=O)C2CCN(Cc3cn(C)c4ccc(OC)cc34)CC2)cc1. The Morgan fingerprint density at radius 1 is 1.09 bits per heavy atom. The lowest BCUT2D eigenvalue weighted by atomic mass is 9.95. The number of carbonyl (C=O) groups excluding carboxylic acids is 1. The van der Waals surface area contributed by atoms with E-state index in [-0.39, 0.29) is 11.8 Å². The number of hydrogen-bond acceptors (Lipinski definition) is 4. The van der Waals surface area contributed by atoms with Crippen LogP contribution in [0.1, 0.15) is 43.7 Å². The van der Waals surface area contributed by atoms with Crippen molar-refractivity contribution in [1.82, 2.24) is 14.8 Å². The Hall–Kier alpha value is -2.99. The first-order valence-corrected chi connectivity index (χ1v) is 12.4. The van der Waals surface area contributed by atoms with Gasteiger partial charge in [0.1, 0.15) is 11.5 Å². The highest BCUT2D eigenvalue weighted by molar-refractivity contribution is 5.85. The molecule has 0 atom stereocenters. The second-order valence-corrected chi connectivity index (χ2v) is 9.26. The molecule has 2 aromatic carbocycles. The number of ether oxygens (including phenoxy) is 2. The van der Waals surface area contributed by atoms with Crippen molar-refractivity contribution in [2.24, 2.45) is 13.0 Å². The van der Waals surface area contributed by atoms with Crippen molar-refractivity contribution in [3.05, 3.63) is 59.8 Å². The van der Waals surface area contributed by atoms with Gasteiger partial charge >= 0.3 is 0 Å². The number of aromatic nitrogens is 1. The zero-order chi connectivity index (χ0) is 23.9. The van der Waals surface area contributed by atoms with Crippen molar-refractivity contribution < 1.29 is 14.3 Å². The number of hydrogen-bond donors (Lipinski definition) is 1. The molecule has 0 aliphatic carbocycles. The highest BCUT2D eigenvalue weighted by atomic mass is 16.5. The molecule has 1 fully saturated rings. The summed E-state index contributed by atoms with van der Waals surface area (Å²) >= 11 is 0. The van der Waals surface area contributed by atoms with Crippen LogP contribution in [0.5, 0.6) is 11.5 Å². The van der Waals surface area contributed by atoms with Crippen molar-refractivity contribution in [1.29, 1.82) is 0 Å². The van der Waals surface area contributed by atoms with Crippen LogP contribution in [-0.2, 0) is 24.9 Å². The summed E-state index contributed by atoms with van der Waals surface area (Å²) in [5, 5.41) is 4.37. The summed E-state index contributed by atoms with van der Waals surface area (Å²) in [5.41, 5.74) is 3.62. The van der Waals surface area contributed by atoms with Crippen molar-refractivity contribution in [2.75, 3.05) is 26.8 Å². The van der Waals surface area contributed by atoms with Gasteiger partial charge in [-0.15, -0.1) is 0 Å². The maximum atomic E-state index is 12.8. The number of fused-ring (bicyclic) bond motifs is 1. The average molecular weight is 464 g/mol. The molecule has 4 rings (SSSR count). The van der Waals surface area contributed by atoms with E-state index in [1.807, 2.05) is 30.3 Å². The molecule has 6 nitrogen and oxygen atoms in total. The number of likely N-dealkylation sites (tertiary alicyclic amines) is 1. The molecule has 0 bridgehead atoms. The number of nitrogens with one attached hydrogen (secondary N) is 1. The van der Waals surface area contributed by atoms with Gasteiger partial charge in [0.2, 0.25) is 5.91 Å². The average Bonchev–Trinajstić information content (AvgIpc) is 3.18. The van der Waals surface area contributed by atoms with Gasteiger partial charge < -0.3 is 19.4 Å². The Kier molecular flexibility index (Phi) is 8.12. The number of rotatable bonds is 10. The zero-order valence-electron chi connectivity index (χ0n) is 20.7. The first-order chi connectivity index (χ1) is 16.6. The number of piperidine rings is 1. The van der Waals surface area contributed by atoms with Gasteiger partial charge in [0.25, 0.3) is 0 Å². The second kappa shape index (κ2) is 11.4. The van der Waals surface area contributed by atoms with Gasteiger partial charge in [0.15, 0.2) is 0 Å². The van der Waals surface area contributed by atoms with E-state index in [4.69, 9.17) is 9.47 Å². The van der Waals surface area contributed by atoms with Crippen LogP contribution in [-0.4, -0.2) is 42.2 Å². The van der Waals surface area contributed by atoms with Crippen LogP contribution in [0, 0.1) is 5.92 Å². The molecule has 1 saturated heterocycles. The number of carbonyl (C=O) groups is 1. The molecule has 2 heterocycles. The van der Waals surface area contributed by atoms with Crippen LogP contribution in [0.25, 0.3) is 10.9 Å². The molecular weight excluding hydrogens is 426 g/mol. The van der Waals surface area contributed by atoms with Gasteiger partial charge in [0.05, 0.1) is 13.7 Å². The topological polar surface area (TPSA) is 55.7 Å². The number of methoxy groups -OCH3 is 1. The molecule has 1 aliphatic heterocycles. The maximum Gasteiger partial charge on any atom is 0.223 e. The summed E-state index contributed by atoms with van der Waals surface area (Å²) in [7, 11) is 3.79. The van der Waals surface area contributed by atoms with E-state index in [1.165, 1.54) is 16.5 Å². The summed E-state index contributed by atoms with van der Waals surface area (Å²) in [6.45, 7) is 6.23. The molecule has 0 saturated carbocycles. The second-order valence-electron chi connectivity index (χ2n) is 9.26. The lowest BCUT2D eigenvalue weighted by Gasteiger charge is -2.31. The van der Waals surface area contributed by atoms with Crippen LogP contribution in [0.4, 0.5) is 0 Å². The van der Waals surface area contributed by atoms with E-state index < -0.39 is 0 Å². The van der Waals surface area contributed by atoms with Gasteiger partial charge in [-0.2, -0.15) is 0 Å². The summed E-state index contributed by atoms with van der Waals surface area (Å²) < 4.78 is 13.3. The quantitative estimate of drug-likeness (QED) is 0.435. The maximum absolute atomic E-state index is 12.8. The van der Waals surface area contributed by atoms with Gasteiger partial charge in [-0.1, -0.05) is 25.5 Å². The lowest BCUT2D eigenvalue weighted by molar-refractivity contribution is -0.126. The summed E-state index contributed by atoms with van der Waals surface area (Å²) in [6, 6.07) is 14.3. The van der Waals surface area contributed by atoms with E-state index in [9.17, 15) is 4.79 Å². The molecule has 0 spiro atoms. The largest absolute Gasteiger partial charge is 0.497 e. The normalized spacial score (nSPS) is 14.9. The van der Waals surface area contributed by atoms with Gasteiger partial charge in [0, 0.05) is 43.2 Å². The van der Waals surface area contributed by atoms with Crippen LogP contribution >= 0.6 is 0 Å². The first-order valence-electron chi connectivity index (χ1n) is 12.4. The van der Waals surface area contributed by atoms with Crippen LogP contribution in [0.3, 0.4) is 0 Å². The third-order valence-electron chi connectivity index (χ3n) is 6.79. The minimum absolute atomic E-state index is 0.0838. The fourth-order valence-electron chi connectivity index (χ4n) is 4.67. The smallest absolute Gasteiger partial charge is 0.223 e. The van der Waals surface area contributed by atoms with Crippen molar-refractivity contribution in [2.45, 2.75) is 45.7 Å². The number of unbranched alkanes of at least 4 members (excludes halogenated alkanes) is 1. The van der Waals surface area contributed by atoms with E-state index in [0.717, 1.165) is 69.0 Å². The van der Waals surface area contributed by atoms with Crippen LogP contribution in [0.2, 0.25) is 0 Å². The highest BCUT2D eigenvalue weighted by Gasteiger charge is 2.25. The fraction of sp³-hybridized carbons (Fsp3) is 0.464. The summed E-state index contributed by atoms with van der Waals surface area (Å²) in [6.07, 6.45) is 6.19. The third kappa shape index (κ3) is 5.92. The Bertz CT molecular complexity index is 1080. The molecule has 1 aromatic heterocycles.